The van der Waals surface area contributed by atoms with Crippen LogP contribution in [0.2, 0.25) is 0 Å². The van der Waals surface area contributed by atoms with Crippen LogP contribution in [-0.4, -0.2) is 66.2 Å². The minimum atomic E-state index is -4.25. The van der Waals surface area contributed by atoms with Gasteiger partial charge >= 0.3 is 6.18 Å². The van der Waals surface area contributed by atoms with Crippen molar-refractivity contribution in [2.75, 3.05) is 38.7 Å². The summed E-state index contributed by atoms with van der Waals surface area (Å²) in [5.41, 5.74) is 2.07. The Morgan fingerprint density at radius 3 is 2.41 bits per heavy atom. The van der Waals surface area contributed by atoms with Crippen molar-refractivity contribution in [3.63, 3.8) is 0 Å². The van der Waals surface area contributed by atoms with Crippen molar-refractivity contribution in [2.45, 2.75) is 58.5 Å². The molecule has 1 aromatic carbocycles. The van der Waals surface area contributed by atoms with E-state index in [2.05, 4.69) is 23.1 Å². The molecule has 3 rings (SSSR count). The van der Waals surface area contributed by atoms with Gasteiger partial charge in [-0.3, -0.25) is 0 Å². The molecule has 2 aromatic rings. The number of nitrogens with zero attached hydrogens (tertiary/aromatic N) is 2. The number of β-amino-alcohol motifs (C(OH)–C–C–N with tert-alkyl or cyclic N) is 1. The monoisotopic (exact) mass is 455 g/mol. The quantitative estimate of drug-likeness (QED) is 0.596. The first-order valence-corrected chi connectivity index (χ1v) is 10.9. The average Bonchev–Trinajstić information content (AvgIpc) is 3.07. The number of aromatic nitrogens is 1. The largest absolute Gasteiger partial charge is 0.406 e. The number of ether oxygens (including phenoxy) is 1. The number of likely N-dealkylation sites (tertiary alicyclic amines) is 1. The predicted molar refractivity (Wildman–Crippen MR) is 125 cm³/mol. The Bertz CT molecular complexity index is 825. The normalized spacial score (nSPS) is 15.9. The molecule has 0 saturated carbocycles. The zero-order valence-electron chi connectivity index (χ0n) is 19.5. The molecular weight excluding hydrogens is 419 g/mol. The van der Waals surface area contributed by atoms with Crippen molar-refractivity contribution < 1.29 is 23.0 Å². The van der Waals surface area contributed by atoms with Crippen molar-refractivity contribution in [2.24, 2.45) is 0 Å². The molecule has 1 unspecified atom stereocenters. The van der Waals surface area contributed by atoms with Crippen LogP contribution in [0, 0.1) is 19.8 Å². The Morgan fingerprint density at radius 1 is 1.22 bits per heavy atom. The van der Waals surface area contributed by atoms with Gasteiger partial charge in [0.2, 0.25) is 0 Å². The van der Waals surface area contributed by atoms with E-state index in [9.17, 15) is 18.3 Å². The van der Waals surface area contributed by atoms with Crippen LogP contribution >= 0.6 is 0 Å². The first-order chi connectivity index (χ1) is 15.3. The lowest BCUT2D eigenvalue weighted by molar-refractivity contribution is -0.140. The van der Waals surface area contributed by atoms with Gasteiger partial charge in [0.05, 0.1) is 18.2 Å². The van der Waals surface area contributed by atoms with Gasteiger partial charge in [0.15, 0.2) is 0 Å². The van der Waals surface area contributed by atoms with Crippen molar-refractivity contribution in [1.29, 1.82) is 0 Å². The summed E-state index contributed by atoms with van der Waals surface area (Å²) in [6.45, 7) is 7.38. The maximum Gasteiger partial charge on any atom is 0.406 e. The van der Waals surface area contributed by atoms with Gasteiger partial charge in [0.25, 0.3) is 0 Å². The number of hydrogen-bond acceptors (Lipinski definition) is 4. The van der Waals surface area contributed by atoms with Gasteiger partial charge in [0, 0.05) is 49.6 Å². The number of piperidine rings is 1. The van der Waals surface area contributed by atoms with E-state index in [0.29, 0.717) is 24.4 Å². The molecule has 5 nitrogen and oxygen atoms in total. The maximum atomic E-state index is 12.9. The van der Waals surface area contributed by atoms with Crippen LogP contribution in [0.4, 0.5) is 18.9 Å². The molecule has 2 N–H and O–H groups in total. The van der Waals surface area contributed by atoms with Crippen LogP contribution in [-0.2, 0) is 11.3 Å². The number of anilines is 1. The van der Waals surface area contributed by atoms with Crippen LogP contribution in [0.1, 0.15) is 32.4 Å². The molecule has 2 heterocycles. The fourth-order valence-corrected chi connectivity index (χ4v) is 3.95. The smallest absolute Gasteiger partial charge is 0.389 e. The van der Waals surface area contributed by atoms with Gasteiger partial charge in [-0.2, -0.15) is 13.2 Å². The first kappa shape index (κ1) is 27.8. The molecule has 1 aromatic heterocycles. The van der Waals surface area contributed by atoms with Gasteiger partial charge in [-0.15, -0.1) is 12.8 Å². The Balaban J connectivity index is 0.00000121. The predicted octanol–water partition coefficient (Wildman–Crippen LogP) is 4.67. The number of fused-ring (bicyclic) bond motifs is 1. The van der Waals surface area contributed by atoms with E-state index < -0.39 is 18.8 Å². The minimum Gasteiger partial charge on any atom is -0.389 e. The lowest BCUT2D eigenvalue weighted by atomic mass is 10.0. The van der Waals surface area contributed by atoms with Crippen LogP contribution in [0.15, 0.2) is 24.3 Å². The molecule has 1 aliphatic rings. The highest BCUT2D eigenvalue weighted by molar-refractivity contribution is 5.93. The summed E-state index contributed by atoms with van der Waals surface area (Å²) in [6.07, 6.45) is 5.09. The molecule has 0 bridgehead atoms. The number of benzene rings is 1. The van der Waals surface area contributed by atoms with Crippen molar-refractivity contribution in [3.8, 4) is 12.8 Å². The van der Waals surface area contributed by atoms with Crippen LogP contribution < -0.4 is 5.32 Å². The summed E-state index contributed by atoms with van der Waals surface area (Å²) in [5.74, 6) is 0. The van der Waals surface area contributed by atoms with E-state index >= 15 is 0 Å². The summed E-state index contributed by atoms with van der Waals surface area (Å²) in [7, 11) is 1.57. The number of nitrogens with one attached hydrogen (secondary N) is 1. The highest BCUT2D eigenvalue weighted by Gasteiger charge is 2.29. The molecule has 1 saturated heterocycles. The van der Waals surface area contributed by atoms with Crippen molar-refractivity contribution >= 4 is 16.6 Å². The van der Waals surface area contributed by atoms with E-state index in [1.807, 2.05) is 26.0 Å². The number of aliphatic hydroxyl groups excluding tert-OH is 1. The second-order valence-corrected chi connectivity index (χ2v) is 7.55. The Morgan fingerprint density at radius 2 is 1.84 bits per heavy atom. The molecule has 8 heteroatoms. The molecule has 0 spiro atoms. The van der Waals surface area contributed by atoms with Crippen LogP contribution in [0.5, 0.6) is 0 Å². The third kappa shape index (κ3) is 8.05. The van der Waals surface area contributed by atoms with E-state index in [-0.39, 0.29) is 6.04 Å². The summed E-state index contributed by atoms with van der Waals surface area (Å²) in [6, 6.07) is 7.54. The van der Waals surface area contributed by atoms with Crippen LogP contribution in [0.25, 0.3) is 10.9 Å². The molecule has 180 valence electrons. The fourth-order valence-electron chi connectivity index (χ4n) is 3.95. The number of aliphatic hydroxyl groups is 1. The highest BCUT2D eigenvalue weighted by Crippen LogP contribution is 2.31. The second-order valence-electron chi connectivity index (χ2n) is 7.55. The standard InChI is InChI=1S/C20H28F3N3O2.C2H6.C2H2/c1-14-10-17-18(4-3-5-19(17)26(14)13-20(21,22)23)24-15-6-8-25(9-7-15)11-16(27)12-28-2;2*1-2/h3-5,10,15-16,24,27H,6-9,11-13H2,1-2H3;1-2H3;1-2H. The SMILES string of the molecule is C#C.CC.COCC(O)CN1CCC(Nc2cccc3c2cc(C)n3CC(F)(F)F)CC1. The summed E-state index contributed by atoms with van der Waals surface area (Å²) in [5, 5.41) is 14.2. The third-order valence-corrected chi connectivity index (χ3v) is 5.27. The van der Waals surface area contributed by atoms with Gasteiger partial charge in [0.1, 0.15) is 6.54 Å². The number of methoxy groups -OCH3 is 1. The zero-order valence-corrected chi connectivity index (χ0v) is 19.5. The number of alkyl halides is 3. The number of rotatable bonds is 7. The molecular formula is C24H36F3N3O2. The van der Waals surface area contributed by atoms with Gasteiger partial charge in [-0.1, -0.05) is 19.9 Å². The van der Waals surface area contributed by atoms with E-state index in [4.69, 9.17) is 4.74 Å². The average molecular weight is 456 g/mol. The Hall–Kier alpha value is -2.21. The van der Waals surface area contributed by atoms with E-state index in [0.717, 1.165) is 37.0 Å². The summed E-state index contributed by atoms with van der Waals surface area (Å²) < 4.78 is 45.0. The number of halogens is 3. The van der Waals surface area contributed by atoms with Gasteiger partial charge < -0.3 is 24.6 Å². The van der Waals surface area contributed by atoms with Crippen molar-refractivity contribution in [3.05, 3.63) is 30.0 Å². The topological polar surface area (TPSA) is 49.7 Å². The number of terminal acetylenes is 1. The Kier molecular flexibility index (Phi) is 11.6. The number of aryl methyl sites for hydroxylation is 1. The zero-order chi connectivity index (χ0) is 24.3. The van der Waals surface area contributed by atoms with Gasteiger partial charge in [-0.05, 0) is 38.0 Å². The Labute approximate surface area is 189 Å². The van der Waals surface area contributed by atoms with E-state index in [1.165, 1.54) is 4.57 Å². The molecule has 0 aliphatic carbocycles. The summed E-state index contributed by atoms with van der Waals surface area (Å²) >= 11 is 0. The van der Waals surface area contributed by atoms with Crippen LogP contribution in [0.3, 0.4) is 0 Å². The molecule has 1 fully saturated rings. The minimum absolute atomic E-state index is 0.257. The molecule has 0 radical (unpaired) electrons. The fraction of sp³-hybridized carbons (Fsp3) is 0.583. The summed E-state index contributed by atoms with van der Waals surface area (Å²) in [4.78, 5) is 2.21. The van der Waals surface area contributed by atoms with Crippen molar-refractivity contribution in [1.82, 2.24) is 9.47 Å². The van der Waals surface area contributed by atoms with E-state index in [1.54, 1.807) is 26.2 Å². The van der Waals surface area contributed by atoms with Gasteiger partial charge in [-0.25, -0.2) is 0 Å². The first-order valence-electron chi connectivity index (χ1n) is 10.9. The molecule has 0 amide bonds. The lowest BCUT2D eigenvalue weighted by Gasteiger charge is -2.34. The maximum absolute atomic E-state index is 12.9. The third-order valence-electron chi connectivity index (χ3n) is 5.27. The molecule has 1 aliphatic heterocycles. The highest BCUT2D eigenvalue weighted by atomic mass is 19.4. The lowest BCUT2D eigenvalue weighted by Crippen LogP contribution is -2.43. The molecule has 32 heavy (non-hydrogen) atoms. The molecule has 1 atom stereocenters. The second kappa shape index (κ2) is 13.4. The number of hydrogen-bond donors (Lipinski definition) is 2.